The van der Waals surface area contributed by atoms with E-state index in [1.807, 2.05) is 36.5 Å². The molecule has 12 heteroatoms. The van der Waals surface area contributed by atoms with Crippen LogP contribution in [-0.2, 0) is 22.6 Å². The van der Waals surface area contributed by atoms with Gasteiger partial charge in [-0.25, -0.2) is 18.4 Å². The number of nitrogens with one attached hydrogen (secondary N) is 2. The van der Waals surface area contributed by atoms with Crippen molar-refractivity contribution in [2.75, 3.05) is 36.2 Å². The molecule has 1 unspecified atom stereocenters. The van der Waals surface area contributed by atoms with Gasteiger partial charge in [0.05, 0.1) is 16.3 Å². The molecule has 6 rings (SSSR count). The topological polar surface area (TPSA) is 87.2 Å². The fraction of sp³-hybridized carbons (Fsp3) is 0.312. The minimum Gasteiger partial charge on any atom is -0.354 e. The van der Waals surface area contributed by atoms with E-state index in [0.717, 1.165) is 59.6 Å². The van der Waals surface area contributed by atoms with Gasteiger partial charge in [0, 0.05) is 29.9 Å². The third-order valence-corrected chi connectivity index (χ3v) is 9.99. The highest BCUT2D eigenvalue weighted by Crippen LogP contribution is 2.42. The zero-order valence-electron chi connectivity index (χ0n) is 23.7. The number of likely N-dealkylation sites (tertiary alicyclic amines) is 1. The van der Waals surface area contributed by atoms with Gasteiger partial charge in [-0.2, -0.15) is 13.2 Å². The molecule has 0 amide bonds. The molecule has 2 aliphatic rings. The molecule has 4 aromatic rings. The monoisotopic (exact) mass is 641 g/mol. The van der Waals surface area contributed by atoms with Gasteiger partial charge in [0.2, 0.25) is 5.95 Å². The average molecular weight is 642 g/mol. The van der Waals surface area contributed by atoms with Gasteiger partial charge in [0.1, 0.15) is 4.90 Å². The van der Waals surface area contributed by atoms with Crippen LogP contribution in [0.4, 0.5) is 24.8 Å². The maximum absolute atomic E-state index is 13.2. The summed E-state index contributed by atoms with van der Waals surface area (Å²) in [4.78, 5) is 11.3. The maximum atomic E-state index is 13.2. The van der Waals surface area contributed by atoms with Crippen molar-refractivity contribution in [2.24, 2.45) is 0 Å². The Labute approximate surface area is 259 Å². The van der Waals surface area contributed by atoms with E-state index in [4.69, 9.17) is 16.6 Å². The van der Waals surface area contributed by atoms with Gasteiger partial charge in [-0.15, -0.1) is 0 Å². The Balaban J connectivity index is 1.18. The first-order valence-electron chi connectivity index (χ1n) is 14.5. The van der Waals surface area contributed by atoms with Crippen LogP contribution in [0.3, 0.4) is 0 Å². The molecule has 1 aliphatic heterocycles. The van der Waals surface area contributed by atoms with Crippen molar-refractivity contribution in [2.45, 2.75) is 42.7 Å². The molecule has 0 spiro atoms. The van der Waals surface area contributed by atoms with Crippen molar-refractivity contribution < 1.29 is 21.6 Å². The van der Waals surface area contributed by atoms with Gasteiger partial charge in [-0.3, -0.25) is 4.72 Å². The SMILES string of the molecule is O=S(=O)(Nc1ccc(C2Cc3cnc(NCCCN4CCCC4)nc3-c3ccccc32)cc1)c1cc(C(F)(F)F)ccc1Cl. The number of alkyl halides is 3. The molecule has 2 heterocycles. The predicted octanol–water partition coefficient (Wildman–Crippen LogP) is 7.20. The van der Waals surface area contributed by atoms with Crippen molar-refractivity contribution in [3.63, 3.8) is 0 Å². The Kier molecular flexibility index (Phi) is 8.54. The number of hydrogen-bond donors (Lipinski definition) is 2. The molecule has 1 saturated heterocycles. The zero-order valence-corrected chi connectivity index (χ0v) is 25.3. The molecule has 1 fully saturated rings. The van der Waals surface area contributed by atoms with Crippen LogP contribution in [-0.4, -0.2) is 49.5 Å². The number of fused-ring (bicyclic) bond motifs is 3. The van der Waals surface area contributed by atoms with Gasteiger partial charge in [0.25, 0.3) is 10.0 Å². The van der Waals surface area contributed by atoms with Gasteiger partial charge >= 0.3 is 6.18 Å². The van der Waals surface area contributed by atoms with Gasteiger partial charge in [0.15, 0.2) is 0 Å². The number of halogens is 4. The summed E-state index contributed by atoms with van der Waals surface area (Å²) in [5, 5.41) is 3.07. The Morgan fingerprint density at radius 3 is 2.50 bits per heavy atom. The molecule has 0 radical (unpaired) electrons. The number of rotatable bonds is 9. The summed E-state index contributed by atoms with van der Waals surface area (Å²) in [5.74, 6) is 0.584. The van der Waals surface area contributed by atoms with E-state index in [1.165, 1.54) is 25.9 Å². The Hall–Kier alpha value is -3.67. The van der Waals surface area contributed by atoms with Crippen molar-refractivity contribution in [1.82, 2.24) is 14.9 Å². The smallest absolute Gasteiger partial charge is 0.354 e. The minimum absolute atomic E-state index is 0.0230. The maximum Gasteiger partial charge on any atom is 0.416 e. The van der Waals surface area contributed by atoms with Crippen LogP contribution >= 0.6 is 11.6 Å². The van der Waals surface area contributed by atoms with Crippen LogP contribution in [0.25, 0.3) is 11.3 Å². The lowest BCUT2D eigenvalue weighted by Gasteiger charge is -2.27. The summed E-state index contributed by atoms with van der Waals surface area (Å²) < 4.78 is 67.9. The van der Waals surface area contributed by atoms with Crippen LogP contribution in [0, 0.1) is 0 Å². The molecular formula is C32H31ClF3N5O2S. The van der Waals surface area contributed by atoms with E-state index in [2.05, 4.69) is 26.0 Å². The number of benzene rings is 3. The third-order valence-electron chi connectivity index (χ3n) is 8.13. The summed E-state index contributed by atoms with van der Waals surface area (Å²) in [6, 6.07) is 17.1. The van der Waals surface area contributed by atoms with Crippen LogP contribution in [0.1, 0.15) is 47.4 Å². The summed E-state index contributed by atoms with van der Waals surface area (Å²) in [5.41, 5.74) is 4.09. The summed E-state index contributed by atoms with van der Waals surface area (Å²) in [6.45, 7) is 4.23. The van der Waals surface area contributed by atoms with Crippen LogP contribution < -0.4 is 10.0 Å². The molecule has 2 N–H and O–H groups in total. The summed E-state index contributed by atoms with van der Waals surface area (Å²) >= 11 is 5.98. The first-order valence-corrected chi connectivity index (χ1v) is 16.4. The predicted molar refractivity (Wildman–Crippen MR) is 166 cm³/mol. The molecule has 0 bridgehead atoms. The molecule has 44 heavy (non-hydrogen) atoms. The van der Waals surface area contributed by atoms with Gasteiger partial charge < -0.3 is 10.2 Å². The molecule has 1 atom stereocenters. The Morgan fingerprint density at radius 1 is 1.00 bits per heavy atom. The van der Waals surface area contributed by atoms with E-state index in [-0.39, 0.29) is 16.6 Å². The highest BCUT2D eigenvalue weighted by atomic mass is 35.5. The lowest BCUT2D eigenvalue weighted by molar-refractivity contribution is -0.137. The Morgan fingerprint density at radius 2 is 1.75 bits per heavy atom. The van der Waals surface area contributed by atoms with E-state index in [1.54, 1.807) is 12.1 Å². The highest BCUT2D eigenvalue weighted by molar-refractivity contribution is 7.92. The number of nitrogens with zero attached hydrogens (tertiary/aromatic N) is 3. The van der Waals surface area contributed by atoms with Crippen molar-refractivity contribution >= 4 is 33.3 Å². The second-order valence-corrected chi connectivity index (χ2v) is 13.2. The molecule has 3 aromatic carbocycles. The van der Waals surface area contributed by atoms with Crippen LogP contribution in [0.2, 0.25) is 5.02 Å². The second-order valence-electron chi connectivity index (χ2n) is 11.1. The first-order chi connectivity index (χ1) is 21.1. The van der Waals surface area contributed by atoms with Gasteiger partial charge in [-0.05, 0) is 92.3 Å². The van der Waals surface area contributed by atoms with E-state index < -0.39 is 26.7 Å². The third kappa shape index (κ3) is 6.55. The Bertz CT molecular complexity index is 1760. The quantitative estimate of drug-likeness (QED) is 0.188. The minimum atomic E-state index is -4.71. The lowest BCUT2D eigenvalue weighted by atomic mass is 9.78. The second kappa shape index (κ2) is 12.4. The molecule has 230 valence electrons. The highest BCUT2D eigenvalue weighted by Gasteiger charge is 2.33. The number of hydrogen-bond acceptors (Lipinski definition) is 6. The largest absolute Gasteiger partial charge is 0.416 e. The number of aromatic nitrogens is 2. The standard InChI is InChI=1S/C32H31ClF3N5O2S/c33-28-13-10-23(32(34,35)36)19-29(28)44(42,43)40-24-11-8-21(9-12-24)27-18-22-20-38-31(37-14-5-17-41-15-3-4-16-41)39-30(22)26-7-2-1-6-25(26)27/h1-2,6-13,19-20,27,40H,3-5,14-18H2,(H,37,38,39). The average Bonchev–Trinajstić information content (AvgIpc) is 3.52. The van der Waals surface area contributed by atoms with Crippen molar-refractivity contribution in [3.05, 3.63) is 100 Å². The van der Waals surface area contributed by atoms with Crippen molar-refractivity contribution in [3.8, 4) is 11.3 Å². The first kappa shape index (κ1) is 30.4. The fourth-order valence-electron chi connectivity index (χ4n) is 5.91. The zero-order chi connectivity index (χ0) is 30.9. The number of sulfonamides is 1. The normalized spacial score (nSPS) is 16.8. The van der Waals surface area contributed by atoms with Crippen LogP contribution in [0.15, 0.2) is 77.8 Å². The lowest BCUT2D eigenvalue weighted by Crippen LogP contribution is -2.22. The van der Waals surface area contributed by atoms with E-state index >= 15 is 0 Å². The van der Waals surface area contributed by atoms with Crippen LogP contribution in [0.5, 0.6) is 0 Å². The fourth-order valence-corrected chi connectivity index (χ4v) is 7.49. The summed E-state index contributed by atoms with van der Waals surface area (Å²) in [6.07, 6.45) is 1.41. The molecule has 1 aromatic heterocycles. The van der Waals surface area contributed by atoms with E-state index in [9.17, 15) is 21.6 Å². The summed E-state index contributed by atoms with van der Waals surface area (Å²) in [7, 11) is -4.38. The number of anilines is 2. The van der Waals surface area contributed by atoms with Gasteiger partial charge in [-0.1, -0.05) is 48.0 Å². The molecule has 0 saturated carbocycles. The molecular weight excluding hydrogens is 611 g/mol. The molecule has 1 aliphatic carbocycles. The van der Waals surface area contributed by atoms with Crippen molar-refractivity contribution in [1.29, 1.82) is 0 Å². The van der Waals surface area contributed by atoms with E-state index in [0.29, 0.717) is 18.4 Å². The molecule has 7 nitrogen and oxygen atoms in total.